The predicted octanol–water partition coefficient (Wildman–Crippen LogP) is 6.07. The monoisotopic (exact) mass is 414 g/mol. The van der Waals surface area contributed by atoms with Crippen molar-refractivity contribution < 1.29 is 14.3 Å². The summed E-state index contributed by atoms with van der Waals surface area (Å²) in [4.78, 5) is 13.7. The second-order valence-corrected chi connectivity index (χ2v) is 7.63. The lowest BCUT2D eigenvalue weighted by molar-refractivity contribution is -0.140. The maximum absolute atomic E-state index is 13.7. The Morgan fingerprint density at radius 1 is 0.903 bits per heavy atom. The fourth-order valence-electron chi connectivity index (χ4n) is 4.29. The lowest BCUT2D eigenvalue weighted by Crippen LogP contribution is -2.32. The molecule has 1 aliphatic rings. The van der Waals surface area contributed by atoms with Crippen LogP contribution in [-0.4, -0.2) is 19.0 Å². The number of ketones is 1. The van der Waals surface area contributed by atoms with Gasteiger partial charge in [-0.25, -0.2) is 0 Å². The van der Waals surface area contributed by atoms with Gasteiger partial charge in [0, 0.05) is 30.0 Å². The molecule has 2 atom stereocenters. The average molecular weight is 415 g/mol. The number of rotatable bonds is 7. The molecule has 1 N–H and O–H groups in total. The molecule has 0 fully saturated rings. The van der Waals surface area contributed by atoms with E-state index in [2.05, 4.69) is 24.4 Å². The van der Waals surface area contributed by atoms with E-state index in [0.29, 0.717) is 18.8 Å². The molecule has 1 radical (unpaired) electrons. The molecule has 1 aliphatic heterocycles. The first-order valence-electron chi connectivity index (χ1n) is 10.8. The van der Waals surface area contributed by atoms with Crippen LogP contribution in [-0.2, 0) is 9.47 Å². The minimum Gasteiger partial charge on any atom is -0.377 e. The molecule has 0 spiro atoms. The molecule has 159 valence electrons. The summed E-state index contributed by atoms with van der Waals surface area (Å²) in [5, 5.41) is 3.62. The highest BCUT2D eigenvalue weighted by molar-refractivity contribution is 6.09. The minimum atomic E-state index is -0.428. The highest BCUT2D eigenvalue weighted by Gasteiger charge is 2.38. The van der Waals surface area contributed by atoms with E-state index in [-0.39, 0.29) is 17.7 Å². The number of ether oxygens (including phenoxy) is 2. The first-order chi connectivity index (χ1) is 15.1. The summed E-state index contributed by atoms with van der Waals surface area (Å²) in [5.74, 6) is -0.267. The molecule has 31 heavy (non-hydrogen) atoms. The molecule has 3 aromatic carbocycles. The molecule has 1 heterocycles. The normalized spacial score (nSPS) is 18.0. The summed E-state index contributed by atoms with van der Waals surface area (Å²) >= 11 is 0. The van der Waals surface area contributed by atoms with Crippen molar-refractivity contribution >= 4 is 11.5 Å². The number of anilines is 1. The molecule has 0 aliphatic carbocycles. The number of carbonyl (C=O) groups is 1. The first-order valence-corrected chi connectivity index (χ1v) is 10.8. The van der Waals surface area contributed by atoms with E-state index >= 15 is 0 Å². The van der Waals surface area contributed by atoms with Crippen LogP contribution in [0.4, 0.5) is 5.69 Å². The van der Waals surface area contributed by atoms with Gasteiger partial charge < -0.3 is 14.8 Å². The zero-order valence-electron chi connectivity index (χ0n) is 18.0. The Morgan fingerprint density at radius 3 is 2.29 bits per heavy atom. The van der Waals surface area contributed by atoms with E-state index in [1.54, 1.807) is 0 Å². The number of benzene rings is 3. The number of hydrogen-bond acceptors (Lipinski definition) is 4. The van der Waals surface area contributed by atoms with Crippen molar-refractivity contribution in [2.45, 2.75) is 32.1 Å². The van der Waals surface area contributed by atoms with E-state index in [1.807, 2.05) is 74.5 Å². The molecule has 0 amide bonds. The standard InChI is InChI=1S/C27H28NO3/c1-4-30-27(31-5-2)21-15-10-14-20(17-21)25-24(19-12-7-6-8-13-19)26(29)23-18(3)11-9-16-22(23)28-25/h6-17,24-25,27-28H,3-5H2,1-2H3. The van der Waals surface area contributed by atoms with Crippen molar-refractivity contribution in [2.24, 2.45) is 0 Å². The van der Waals surface area contributed by atoms with Crippen LogP contribution in [0.15, 0.2) is 72.8 Å². The van der Waals surface area contributed by atoms with Crippen LogP contribution in [0, 0.1) is 6.92 Å². The van der Waals surface area contributed by atoms with Crippen molar-refractivity contribution in [3.8, 4) is 0 Å². The Hall–Kier alpha value is -2.95. The summed E-state index contributed by atoms with van der Waals surface area (Å²) in [7, 11) is 0. The van der Waals surface area contributed by atoms with Crippen LogP contribution in [0.2, 0.25) is 0 Å². The van der Waals surface area contributed by atoms with Gasteiger partial charge in [-0.1, -0.05) is 60.7 Å². The van der Waals surface area contributed by atoms with Crippen LogP contribution < -0.4 is 5.32 Å². The van der Waals surface area contributed by atoms with Crippen molar-refractivity contribution in [1.29, 1.82) is 0 Å². The Balaban J connectivity index is 1.80. The van der Waals surface area contributed by atoms with E-state index in [4.69, 9.17) is 9.47 Å². The summed E-state index contributed by atoms with van der Waals surface area (Å²) in [6.07, 6.45) is -0.428. The van der Waals surface area contributed by atoms with Gasteiger partial charge in [-0.05, 0) is 49.6 Å². The topological polar surface area (TPSA) is 47.6 Å². The second kappa shape index (κ2) is 9.46. The zero-order chi connectivity index (χ0) is 21.8. The minimum absolute atomic E-state index is 0.0899. The van der Waals surface area contributed by atoms with E-state index in [0.717, 1.165) is 27.9 Å². The molecule has 4 nitrogen and oxygen atoms in total. The number of fused-ring (bicyclic) bond motifs is 1. The third-order valence-corrected chi connectivity index (χ3v) is 5.66. The fraction of sp³-hybridized carbons (Fsp3) is 0.259. The second-order valence-electron chi connectivity index (χ2n) is 7.63. The number of hydrogen-bond donors (Lipinski definition) is 1. The Bertz CT molecular complexity index is 1040. The Kier molecular flexibility index (Phi) is 6.50. The van der Waals surface area contributed by atoms with Crippen LogP contribution in [0.5, 0.6) is 0 Å². The largest absolute Gasteiger partial charge is 0.377 e. The summed E-state index contributed by atoms with van der Waals surface area (Å²) in [6, 6.07) is 23.6. The van der Waals surface area contributed by atoms with Gasteiger partial charge in [0.2, 0.25) is 0 Å². The fourth-order valence-corrected chi connectivity index (χ4v) is 4.29. The predicted molar refractivity (Wildman–Crippen MR) is 123 cm³/mol. The van der Waals surface area contributed by atoms with E-state index < -0.39 is 6.29 Å². The molecule has 0 bridgehead atoms. The van der Waals surface area contributed by atoms with Crippen molar-refractivity contribution in [3.05, 3.63) is 108 Å². The van der Waals surface area contributed by atoms with Gasteiger partial charge in [0.15, 0.2) is 12.1 Å². The van der Waals surface area contributed by atoms with Crippen LogP contribution in [0.3, 0.4) is 0 Å². The molecule has 4 rings (SSSR count). The average Bonchev–Trinajstić information content (AvgIpc) is 2.79. The highest BCUT2D eigenvalue weighted by atomic mass is 16.7. The van der Waals surface area contributed by atoms with Crippen LogP contribution in [0.1, 0.15) is 64.7 Å². The molecule has 2 unspecified atom stereocenters. The number of nitrogens with one attached hydrogen (secondary N) is 1. The quantitative estimate of drug-likeness (QED) is 0.477. The number of Topliss-reactive ketones (excluding diaryl/α,β-unsaturated/α-hetero) is 1. The molecular weight excluding hydrogens is 386 g/mol. The van der Waals surface area contributed by atoms with Gasteiger partial charge in [-0.2, -0.15) is 0 Å². The molecule has 0 saturated heterocycles. The maximum Gasteiger partial charge on any atom is 0.183 e. The van der Waals surface area contributed by atoms with Crippen LogP contribution in [0.25, 0.3) is 0 Å². The van der Waals surface area contributed by atoms with E-state index in [1.165, 1.54) is 0 Å². The van der Waals surface area contributed by atoms with Gasteiger partial charge >= 0.3 is 0 Å². The van der Waals surface area contributed by atoms with Gasteiger partial charge in [0.05, 0.1) is 12.0 Å². The molecule has 4 heteroatoms. The van der Waals surface area contributed by atoms with Gasteiger partial charge in [-0.3, -0.25) is 4.79 Å². The third kappa shape index (κ3) is 4.27. The third-order valence-electron chi connectivity index (χ3n) is 5.66. The van der Waals surface area contributed by atoms with Crippen molar-refractivity contribution in [3.63, 3.8) is 0 Å². The van der Waals surface area contributed by atoms with Crippen molar-refractivity contribution in [1.82, 2.24) is 0 Å². The first kappa shape index (κ1) is 21.3. The lowest BCUT2D eigenvalue weighted by atomic mass is 9.77. The van der Waals surface area contributed by atoms with E-state index in [9.17, 15) is 4.79 Å². The van der Waals surface area contributed by atoms with Crippen LogP contribution >= 0.6 is 0 Å². The van der Waals surface area contributed by atoms with Crippen molar-refractivity contribution in [2.75, 3.05) is 18.5 Å². The molecule has 0 aromatic heterocycles. The summed E-state index contributed by atoms with van der Waals surface area (Å²) in [5.41, 5.74) is 5.19. The lowest BCUT2D eigenvalue weighted by Gasteiger charge is -2.35. The Labute approximate surface area is 184 Å². The SMILES string of the molecule is [CH2]c1cccc2c1C(=O)C(c1ccccc1)C(c1cccc(C(OCC)OCC)c1)N2. The molecule has 3 aromatic rings. The molecule has 0 saturated carbocycles. The summed E-state index contributed by atoms with van der Waals surface area (Å²) < 4.78 is 11.6. The van der Waals surface area contributed by atoms with Gasteiger partial charge in [0.1, 0.15) is 0 Å². The summed E-state index contributed by atoms with van der Waals surface area (Å²) in [6.45, 7) is 9.12. The van der Waals surface area contributed by atoms with Gasteiger partial charge in [0.25, 0.3) is 0 Å². The highest BCUT2D eigenvalue weighted by Crippen LogP contribution is 2.43. The molecular formula is C27H28NO3. The van der Waals surface area contributed by atoms with Gasteiger partial charge in [-0.15, -0.1) is 0 Å². The number of carbonyl (C=O) groups excluding carboxylic acids is 1. The zero-order valence-corrected chi connectivity index (χ0v) is 18.0. The smallest absolute Gasteiger partial charge is 0.183 e. The maximum atomic E-state index is 13.7. The Morgan fingerprint density at radius 2 is 1.58 bits per heavy atom.